The molecule has 1 aromatic rings. The zero-order valence-electron chi connectivity index (χ0n) is 9.82. The Balaban J connectivity index is 2.02. The molecular weight excluding hydrogens is 245 g/mol. The van der Waals surface area contributed by atoms with E-state index >= 15 is 0 Å². The van der Waals surface area contributed by atoms with Crippen molar-refractivity contribution in [2.24, 2.45) is 11.7 Å². The van der Waals surface area contributed by atoms with Gasteiger partial charge in [0.25, 0.3) is 0 Å². The van der Waals surface area contributed by atoms with E-state index in [1.165, 1.54) is 6.07 Å². The van der Waals surface area contributed by atoms with Crippen LogP contribution in [-0.4, -0.2) is 29.8 Å². The topological polar surface area (TPSA) is 55.0 Å². The molecule has 1 aliphatic rings. The van der Waals surface area contributed by atoms with Crippen LogP contribution in [-0.2, 0) is 6.18 Å². The Bertz CT molecular complexity index is 382. The zero-order chi connectivity index (χ0) is 13.2. The highest BCUT2D eigenvalue weighted by Crippen LogP contribution is 2.28. The molecule has 18 heavy (non-hydrogen) atoms. The highest BCUT2D eigenvalue weighted by Gasteiger charge is 2.33. The van der Waals surface area contributed by atoms with E-state index in [-0.39, 0.29) is 0 Å². The lowest BCUT2D eigenvalue weighted by molar-refractivity contribution is -0.141. The summed E-state index contributed by atoms with van der Waals surface area (Å²) in [5, 5.41) is 6.87. The first-order valence-electron chi connectivity index (χ1n) is 5.86. The third-order valence-corrected chi connectivity index (χ3v) is 3.21. The molecule has 2 N–H and O–H groups in total. The van der Waals surface area contributed by atoms with Gasteiger partial charge in [0.2, 0.25) is 0 Å². The summed E-state index contributed by atoms with van der Waals surface area (Å²) >= 11 is 0. The molecule has 0 spiro atoms. The van der Waals surface area contributed by atoms with Crippen molar-refractivity contribution in [2.45, 2.75) is 19.0 Å². The van der Waals surface area contributed by atoms with Crippen LogP contribution in [0.3, 0.4) is 0 Å². The number of rotatable bonds is 2. The standard InChI is InChI=1S/C11H15F3N4/c12-11(13,14)9-1-2-10(17-16-9)18-5-3-8(7-15)4-6-18/h1-2,8H,3-7,15H2. The molecule has 2 heterocycles. The van der Waals surface area contributed by atoms with Crippen molar-refractivity contribution in [3.63, 3.8) is 0 Å². The number of piperidine rings is 1. The van der Waals surface area contributed by atoms with E-state index in [2.05, 4.69) is 10.2 Å². The number of hydrogen-bond acceptors (Lipinski definition) is 4. The van der Waals surface area contributed by atoms with Crippen LogP contribution in [0.2, 0.25) is 0 Å². The van der Waals surface area contributed by atoms with Crippen LogP contribution in [0.15, 0.2) is 12.1 Å². The first-order chi connectivity index (χ1) is 8.50. The first-order valence-corrected chi connectivity index (χ1v) is 5.86. The van der Waals surface area contributed by atoms with E-state index in [0.29, 0.717) is 18.3 Å². The second-order valence-corrected chi connectivity index (χ2v) is 4.44. The molecule has 0 bridgehead atoms. The Kier molecular flexibility index (Phi) is 3.70. The number of hydrogen-bond donors (Lipinski definition) is 1. The van der Waals surface area contributed by atoms with Crippen molar-refractivity contribution in [1.29, 1.82) is 0 Å². The molecule has 0 atom stereocenters. The number of alkyl halides is 3. The Hall–Kier alpha value is -1.37. The van der Waals surface area contributed by atoms with E-state index in [1.54, 1.807) is 0 Å². The third kappa shape index (κ3) is 2.90. The van der Waals surface area contributed by atoms with Crippen molar-refractivity contribution in [1.82, 2.24) is 10.2 Å². The summed E-state index contributed by atoms with van der Waals surface area (Å²) in [5.74, 6) is 1.00. The smallest absolute Gasteiger partial charge is 0.355 e. The number of aromatic nitrogens is 2. The summed E-state index contributed by atoms with van der Waals surface area (Å²) in [7, 11) is 0. The number of nitrogens with zero attached hydrogens (tertiary/aromatic N) is 3. The van der Waals surface area contributed by atoms with Crippen molar-refractivity contribution < 1.29 is 13.2 Å². The maximum Gasteiger partial charge on any atom is 0.435 e. The maximum absolute atomic E-state index is 12.3. The highest BCUT2D eigenvalue weighted by molar-refractivity contribution is 5.38. The van der Waals surface area contributed by atoms with Crippen molar-refractivity contribution >= 4 is 5.82 Å². The predicted molar refractivity (Wildman–Crippen MR) is 61.0 cm³/mol. The SMILES string of the molecule is NCC1CCN(c2ccc(C(F)(F)F)nn2)CC1. The zero-order valence-corrected chi connectivity index (χ0v) is 9.82. The number of halogens is 3. The van der Waals surface area contributed by atoms with Gasteiger partial charge in [-0.3, -0.25) is 0 Å². The van der Waals surface area contributed by atoms with E-state index < -0.39 is 11.9 Å². The molecule has 0 unspecified atom stereocenters. The molecule has 0 aliphatic carbocycles. The van der Waals surface area contributed by atoms with Gasteiger partial charge >= 0.3 is 6.18 Å². The van der Waals surface area contributed by atoms with Crippen LogP contribution in [0.1, 0.15) is 18.5 Å². The van der Waals surface area contributed by atoms with E-state index in [1.807, 2.05) is 4.90 Å². The molecule has 0 amide bonds. The quantitative estimate of drug-likeness (QED) is 0.878. The summed E-state index contributed by atoms with van der Waals surface area (Å²) in [6.07, 6.45) is -2.55. The van der Waals surface area contributed by atoms with E-state index in [0.717, 1.165) is 32.0 Å². The fraction of sp³-hybridized carbons (Fsp3) is 0.636. The molecular formula is C11H15F3N4. The minimum atomic E-state index is -4.43. The largest absolute Gasteiger partial charge is 0.435 e. The molecule has 0 aromatic carbocycles. The molecule has 0 saturated carbocycles. The van der Waals surface area contributed by atoms with Crippen LogP contribution in [0, 0.1) is 5.92 Å². The van der Waals surface area contributed by atoms with Crippen molar-refractivity contribution in [3.05, 3.63) is 17.8 Å². The number of anilines is 1. The second kappa shape index (κ2) is 5.09. The summed E-state index contributed by atoms with van der Waals surface area (Å²) in [6, 6.07) is 2.34. The van der Waals surface area contributed by atoms with Gasteiger partial charge in [-0.25, -0.2) is 0 Å². The summed E-state index contributed by atoms with van der Waals surface area (Å²) in [6.45, 7) is 2.19. The van der Waals surface area contributed by atoms with Crippen LogP contribution < -0.4 is 10.6 Å². The lowest BCUT2D eigenvalue weighted by atomic mass is 9.97. The Morgan fingerprint density at radius 1 is 1.22 bits per heavy atom. The fourth-order valence-corrected chi connectivity index (χ4v) is 2.04. The van der Waals surface area contributed by atoms with E-state index in [9.17, 15) is 13.2 Å². The average Bonchev–Trinajstić information content (AvgIpc) is 2.38. The molecule has 4 nitrogen and oxygen atoms in total. The normalized spacial score (nSPS) is 18.1. The van der Waals surface area contributed by atoms with Gasteiger partial charge in [-0.15, -0.1) is 10.2 Å². The molecule has 7 heteroatoms. The fourth-order valence-electron chi connectivity index (χ4n) is 2.04. The highest BCUT2D eigenvalue weighted by atomic mass is 19.4. The van der Waals surface area contributed by atoms with Gasteiger partial charge in [-0.05, 0) is 37.4 Å². The number of nitrogens with two attached hydrogens (primary N) is 1. The third-order valence-electron chi connectivity index (χ3n) is 3.21. The molecule has 2 rings (SSSR count). The van der Waals surface area contributed by atoms with Crippen LogP contribution in [0.4, 0.5) is 19.0 Å². The molecule has 1 saturated heterocycles. The van der Waals surface area contributed by atoms with Crippen molar-refractivity contribution in [3.8, 4) is 0 Å². The summed E-state index contributed by atoms with van der Waals surface area (Å²) in [4.78, 5) is 1.94. The van der Waals surface area contributed by atoms with Crippen LogP contribution in [0.25, 0.3) is 0 Å². The molecule has 1 aliphatic heterocycles. The molecule has 0 radical (unpaired) electrons. The lowest BCUT2D eigenvalue weighted by Crippen LogP contribution is -2.36. The van der Waals surface area contributed by atoms with Gasteiger partial charge < -0.3 is 10.6 Å². The first kappa shape index (κ1) is 13.1. The lowest BCUT2D eigenvalue weighted by Gasteiger charge is -2.31. The maximum atomic E-state index is 12.3. The van der Waals surface area contributed by atoms with Crippen LogP contribution >= 0.6 is 0 Å². The second-order valence-electron chi connectivity index (χ2n) is 4.44. The molecule has 100 valence electrons. The average molecular weight is 260 g/mol. The molecule has 1 aromatic heterocycles. The minimum absolute atomic E-state index is 0.499. The Labute approximate surface area is 103 Å². The van der Waals surface area contributed by atoms with Crippen molar-refractivity contribution in [2.75, 3.05) is 24.5 Å². The van der Waals surface area contributed by atoms with E-state index in [4.69, 9.17) is 5.73 Å². The van der Waals surface area contributed by atoms with Gasteiger partial charge in [0.1, 0.15) is 0 Å². The summed E-state index contributed by atoms with van der Waals surface area (Å²) in [5.41, 5.74) is 4.63. The van der Waals surface area contributed by atoms with Gasteiger partial charge in [0.05, 0.1) is 0 Å². The predicted octanol–water partition coefficient (Wildman–Crippen LogP) is 1.67. The monoisotopic (exact) mass is 260 g/mol. The molecule has 1 fully saturated rings. The Morgan fingerprint density at radius 2 is 1.89 bits per heavy atom. The van der Waals surface area contributed by atoms with Gasteiger partial charge in [-0.2, -0.15) is 13.2 Å². The minimum Gasteiger partial charge on any atom is -0.355 e. The summed E-state index contributed by atoms with van der Waals surface area (Å²) < 4.78 is 37.0. The van der Waals surface area contributed by atoms with Gasteiger partial charge in [0, 0.05) is 13.1 Å². The van der Waals surface area contributed by atoms with Crippen LogP contribution in [0.5, 0.6) is 0 Å². The van der Waals surface area contributed by atoms with Gasteiger partial charge in [-0.1, -0.05) is 0 Å². The Morgan fingerprint density at radius 3 is 2.33 bits per heavy atom. The van der Waals surface area contributed by atoms with Gasteiger partial charge in [0.15, 0.2) is 11.5 Å².